The second kappa shape index (κ2) is 3.49. The fraction of sp³-hybridized carbons (Fsp3) is 0.125. The molecule has 1 rings (SSSR count). The van der Waals surface area contributed by atoms with Crippen molar-refractivity contribution in [1.82, 2.24) is 0 Å². The zero-order valence-electron chi connectivity index (χ0n) is 6.63. The molecular weight excluding hydrogens is 152 g/mol. The molecule has 0 radical (unpaired) electrons. The first-order valence-electron chi connectivity index (χ1n) is 3.41. The van der Waals surface area contributed by atoms with Crippen molar-refractivity contribution in [3.8, 4) is 6.19 Å². The Labute approximate surface area is 70.3 Å². The molecule has 0 unspecified atom stereocenters. The molecule has 0 bridgehead atoms. The lowest BCUT2D eigenvalue weighted by Crippen LogP contribution is -1.87. The lowest BCUT2D eigenvalue weighted by atomic mass is 10.2. The highest BCUT2D eigenvalue weighted by Crippen LogP contribution is 2.24. The van der Waals surface area contributed by atoms with Crippen LogP contribution in [0.3, 0.4) is 0 Å². The minimum absolute atomic E-state index is 0.474. The van der Waals surface area contributed by atoms with Gasteiger partial charge in [0.25, 0.3) is 0 Å². The Balaban J connectivity index is 3.14. The molecule has 0 saturated carbocycles. The summed E-state index contributed by atoms with van der Waals surface area (Å²) in [4.78, 5) is 0. The van der Waals surface area contributed by atoms with Gasteiger partial charge in [-0.05, 0) is 24.6 Å². The van der Waals surface area contributed by atoms with Crippen LogP contribution in [0.1, 0.15) is 5.56 Å². The molecule has 0 aliphatic heterocycles. The second-order valence-electron chi connectivity index (χ2n) is 2.37. The summed E-state index contributed by atoms with van der Waals surface area (Å²) in [6, 6.07) is 5.31. The number of hydrogen-bond acceptors (Lipinski definition) is 4. The van der Waals surface area contributed by atoms with Gasteiger partial charge < -0.3 is 0 Å². The van der Waals surface area contributed by atoms with E-state index in [9.17, 15) is 0 Å². The van der Waals surface area contributed by atoms with Crippen LogP contribution in [0, 0.1) is 23.9 Å². The van der Waals surface area contributed by atoms with E-state index in [1.165, 1.54) is 0 Å². The Morgan fingerprint density at radius 1 is 1.58 bits per heavy atom. The summed E-state index contributed by atoms with van der Waals surface area (Å²) in [7, 11) is 0. The number of anilines is 1. The van der Waals surface area contributed by atoms with Crippen LogP contribution in [0.4, 0.5) is 11.4 Å². The molecule has 4 heteroatoms. The summed E-state index contributed by atoms with van der Waals surface area (Å²) in [5, 5.41) is 14.1. The minimum Gasteiger partial charge on any atom is -0.291 e. The summed E-state index contributed by atoms with van der Waals surface area (Å²) >= 11 is 0. The van der Waals surface area contributed by atoms with Crippen molar-refractivity contribution in [3.63, 3.8) is 0 Å². The highest BCUT2D eigenvalue weighted by atomic mass is 15.0. The summed E-state index contributed by atoms with van der Waals surface area (Å²) in [5.74, 6) is 0. The van der Waals surface area contributed by atoms with E-state index in [0.717, 1.165) is 5.56 Å². The quantitative estimate of drug-likeness (QED) is 0.396. The average molecular weight is 160 g/mol. The molecular formula is C8H8N4. The molecule has 0 atom stereocenters. The lowest BCUT2D eigenvalue weighted by Gasteiger charge is -2.01. The van der Waals surface area contributed by atoms with Gasteiger partial charge in [0, 0.05) is 0 Å². The standard InChI is InChI=1S/C8H8N4/c1-6-2-3-7(12-10)8(4-6)11-5-9/h2-4,10-11H,1H3. The number of nitriles is 1. The van der Waals surface area contributed by atoms with Crippen molar-refractivity contribution in [1.29, 1.82) is 10.8 Å². The molecule has 2 N–H and O–H groups in total. The van der Waals surface area contributed by atoms with E-state index in [1.807, 2.05) is 13.0 Å². The molecule has 1 aromatic rings. The van der Waals surface area contributed by atoms with Crippen molar-refractivity contribution in [2.24, 2.45) is 5.11 Å². The predicted molar refractivity (Wildman–Crippen MR) is 45.2 cm³/mol. The van der Waals surface area contributed by atoms with Gasteiger partial charge in [0.2, 0.25) is 0 Å². The number of aryl methyl sites for hydroxylation is 1. The molecule has 0 aliphatic rings. The third-order valence-electron chi connectivity index (χ3n) is 1.46. The van der Waals surface area contributed by atoms with Crippen LogP contribution in [0.5, 0.6) is 0 Å². The third-order valence-corrected chi connectivity index (χ3v) is 1.46. The molecule has 1 aromatic carbocycles. The SMILES string of the molecule is Cc1ccc(N=N)c(NC#N)c1. The number of benzene rings is 1. The molecule has 0 saturated heterocycles. The Hall–Kier alpha value is -1.89. The monoisotopic (exact) mass is 160 g/mol. The van der Waals surface area contributed by atoms with Gasteiger partial charge in [0.05, 0.1) is 5.69 Å². The maximum Gasteiger partial charge on any atom is 0.181 e. The fourth-order valence-electron chi connectivity index (χ4n) is 0.908. The Morgan fingerprint density at radius 2 is 2.33 bits per heavy atom. The Morgan fingerprint density at radius 3 is 2.92 bits per heavy atom. The molecule has 4 nitrogen and oxygen atoms in total. The molecule has 0 heterocycles. The van der Waals surface area contributed by atoms with Gasteiger partial charge >= 0.3 is 0 Å². The number of rotatable bonds is 2. The van der Waals surface area contributed by atoms with E-state index in [2.05, 4.69) is 10.4 Å². The maximum absolute atomic E-state index is 8.37. The smallest absolute Gasteiger partial charge is 0.181 e. The van der Waals surface area contributed by atoms with Crippen LogP contribution in [0.25, 0.3) is 0 Å². The number of nitrogens with zero attached hydrogens (tertiary/aromatic N) is 2. The minimum atomic E-state index is 0.474. The van der Waals surface area contributed by atoms with Crippen molar-refractivity contribution in [3.05, 3.63) is 23.8 Å². The molecule has 12 heavy (non-hydrogen) atoms. The fourth-order valence-corrected chi connectivity index (χ4v) is 0.908. The van der Waals surface area contributed by atoms with Crippen LogP contribution >= 0.6 is 0 Å². The van der Waals surface area contributed by atoms with Crippen LogP contribution < -0.4 is 5.32 Å². The zero-order valence-corrected chi connectivity index (χ0v) is 6.63. The molecule has 0 aromatic heterocycles. The van der Waals surface area contributed by atoms with Gasteiger partial charge in [-0.25, -0.2) is 5.53 Å². The van der Waals surface area contributed by atoms with Crippen molar-refractivity contribution in [2.75, 3.05) is 5.32 Å². The Bertz CT molecular complexity index is 337. The predicted octanol–water partition coefficient (Wildman–Crippen LogP) is 2.55. The van der Waals surface area contributed by atoms with Gasteiger partial charge in [-0.15, -0.1) is 0 Å². The third kappa shape index (κ3) is 1.58. The number of nitrogens with one attached hydrogen (secondary N) is 2. The topological polar surface area (TPSA) is 72.0 Å². The lowest BCUT2D eigenvalue weighted by molar-refractivity contribution is 1.15. The highest BCUT2D eigenvalue weighted by Gasteiger charge is 1.99. The van der Waals surface area contributed by atoms with Crippen LogP contribution in [-0.4, -0.2) is 0 Å². The van der Waals surface area contributed by atoms with Crippen molar-refractivity contribution < 1.29 is 0 Å². The first kappa shape index (κ1) is 8.21. The molecule has 0 aliphatic carbocycles. The first-order valence-corrected chi connectivity index (χ1v) is 3.41. The van der Waals surface area contributed by atoms with Gasteiger partial charge in [-0.2, -0.15) is 10.4 Å². The largest absolute Gasteiger partial charge is 0.291 e. The van der Waals surface area contributed by atoms with E-state index >= 15 is 0 Å². The molecule has 60 valence electrons. The van der Waals surface area contributed by atoms with E-state index in [4.69, 9.17) is 10.8 Å². The van der Waals surface area contributed by atoms with E-state index in [0.29, 0.717) is 11.4 Å². The summed E-state index contributed by atoms with van der Waals surface area (Å²) in [5.41, 5.74) is 8.89. The van der Waals surface area contributed by atoms with Crippen LogP contribution in [0.2, 0.25) is 0 Å². The van der Waals surface area contributed by atoms with Crippen molar-refractivity contribution >= 4 is 11.4 Å². The van der Waals surface area contributed by atoms with Crippen molar-refractivity contribution in [2.45, 2.75) is 6.92 Å². The average Bonchev–Trinajstić information content (AvgIpc) is 2.05. The maximum atomic E-state index is 8.37. The van der Waals surface area contributed by atoms with Gasteiger partial charge in [-0.3, -0.25) is 5.32 Å². The zero-order chi connectivity index (χ0) is 8.97. The summed E-state index contributed by atoms with van der Waals surface area (Å²) in [6.07, 6.45) is 1.79. The Kier molecular flexibility index (Phi) is 2.38. The normalized spacial score (nSPS) is 8.67. The second-order valence-corrected chi connectivity index (χ2v) is 2.37. The van der Waals surface area contributed by atoms with E-state index in [1.54, 1.807) is 18.3 Å². The number of hydrogen-bond donors (Lipinski definition) is 2. The molecule has 0 amide bonds. The molecule has 0 spiro atoms. The van der Waals surface area contributed by atoms with E-state index in [-0.39, 0.29) is 0 Å². The van der Waals surface area contributed by atoms with Gasteiger partial charge in [0.1, 0.15) is 5.69 Å². The first-order chi connectivity index (χ1) is 5.77. The summed E-state index contributed by atoms with van der Waals surface area (Å²) < 4.78 is 0. The summed E-state index contributed by atoms with van der Waals surface area (Å²) in [6.45, 7) is 1.91. The molecule has 0 fully saturated rings. The van der Waals surface area contributed by atoms with Crippen LogP contribution in [0.15, 0.2) is 23.3 Å². The highest BCUT2D eigenvalue weighted by molar-refractivity contribution is 5.67. The van der Waals surface area contributed by atoms with E-state index < -0.39 is 0 Å². The van der Waals surface area contributed by atoms with Gasteiger partial charge in [0.15, 0.2) is 6.19 Å². The van der Waals surface area contributed by atoms with Crippen LogP contribution in [-0.2, 0) is 0 Å². The van der Waals surface area contributed by atoms with Gasteiger partial charge in [-0.1, -0.05) is 6.07 Å².